The highest BCUT2D eigenvalue weighted by atomic mass is 16.6. The van der Waals surface area contributed by atoms with Crippen molar-refractivity contribution >= 4 is 6.47 Å². The van der Waals surface area contributed by atoms with Gasteiger partial charge in [0.15, 0.2) is 0 Å². The van der Waals surface area contributed by atoms with Crippen LogP contribution in [0.3, 0.4) is 0 Å². The molecule has 1 aliphatic heterocycles. The average Bonchev–Trinajstić information content (AvgIpc) is 2.19. The summed E-state index contributed by atoms with van der Waals surface area (Å²) in [5.74, 6) is 0.616. The van der Waals surface area contributed by atoms with Crippen molar-refractivity contribution in [2.45, 2.75) is 57.3 Å². The lowest BCUT2D eigenvalue weighted by molar-refractivity contribution is -0.172. The first kappa shape index (κ1) is 9.97. The number of hydrogen-bond donors (Lipinski definition) is 0. The Bertz CT molecular complexity index is 205. The van der Waals surface area contributed by atoms with Crippen molar-refractivity contribution in [3.05, 3.63) is 0 Å². The van der Waals surface area contributed by atoms with Crippen molar-refractivity contribution in [2.75, 3.05) is 0 Å². The van der Waals surface area contributed by atoms with Crippen molar-refractivity contribution in [1.29, 1.82) is 0 Å². The molecule has 0 radical (unpaired) electrons. The molecule has 0 amide bonds. The van der Waals surface area contributed by atoms with Crippen LogP contribution in [0.5, 0.6) is 0 Å². The largest absolute Gasteiger partial charge is 0.462 e. The monoisotopic (exact) mass is 198 g/mol. The van der Waals surface area contributed by atoms with Crippen molar-refractivity contribution in [2.24, 2.45) is 5.92 Å². The second-order valence-electron chi connectivity index (χ2n) is 4.43. The van der Waals surface area contributed by atoms with Gasteiger partial charge in [-0.25, -0.2) is 0 Å². The third-order valence-electron chi connectivity index (χ3n) is 3.52. The lowest BCUT2D eigenvalue weighted by atomic mass is 9.80. The third-order valence-corrected chi connectivity index (χ3v) is 3.52. The van der Waals surface area contributed by atoms with Crippen LogP contribution in [0.15, 0.2) is 0 Å². The molecular formula is C11H18O3. The van der Waals surface area contributed by atoms with Crippen LogP contribution < -0.4 is 0 Å². The summed E-state index contributed by atoms with van der Waals surface area (Å²) in [5.41, 5.74) is 0. The molecule has 1 saturated heterocycles. The van der Waals surface area contributed by atoms with Gasteiger partial charge in [0.1, 0.15) is 6.10 Å². The van der Waals surface area contributed by atoms with Gasteiger partial charge in [-0.2, -0.15) is 0 Å². The summed E-state index contributed by atoms with van der Waals surface area (Å²) in [5, 5.41) is 0. The van der Waals surface area contributed by atoms with Crippen molar-refractivity contribution in [1.82, 2.24) is 0 Å². The van der Waals surface area contributed by atoms with Crippen LogP contribution >= 0.6 is 0 Å². The average molecular weight is 198 g/mol. The molecule has 2 rings (SSSR count). The molecule has 0 aromatic rings. The van der Waals surface area contributed by atoms with E-state index in [-0.39, 0.29) is 12.2 Å². The number of fused-ring (bicyclic) bond motifs is 1. The lowest BCUT2D eigenvalue weighted by Gasteiger charge is -2.41. The Morgan fingerprint density at radius 1 is 1.36 bits per heavy atom. The van der Waals surface area contributed by atoms with E-state index in [9.17, 15) is 4.79 Å². The van der Waals surface area contributed by atoms with E-state index in [0.29, 0.717) is 18.5 Å². The predicted octanol–water partition coefficient (Wildman–Crippen LogP) is 1.90. The molecule has 3 nitrogen and oxygen atoms in total. The standard InChI is InChI=1S/C11H18O3/c1-8-11(13-7-12)6-9-4-2-3-5-10(9)14-8/h7-11H,2-6H2,1H3/t8-,9-,10+,11+/m0/s1. The molecule has 1 heterocycles. The molecule has 0 aromatic heterocycles. The molecule has 0 spiro atoms. The molecule has 0 unspecified atom stereocenters. The van der Waals surface area contributed by atoms with E-state index in [1.165, 1.54) is 25.7 Å². The van der Waals surface area contributed by atoms with E-state index in [4.69, 9.17) is 9.47 Å². The first-order chi connectivity index (χ1) is 6.81. The van der Waals surface area contributed by atoms with Gasteiger partial charge in [-0.3, -0.25) is 4.79 Å². The Morgan fingerprint density at radius 3 is 2.93 bits per heavy atom. The van der Waals surface area contributed by atoms with Gasteiger partial charge in [-0.05, 0) is 32.1 Å². The highest BCUT2D eigenvalue weighted by molar-refractivity contribution is 5.37. The maximum atomic E-state index is 10.3. The van der Waals surface area contributed by atoms with Crippen molar-refractivity contribution in [3.63, 3.8) is 0 Å². The Hall–Kier alpha value is -0.570. The number of carbonyl (C=O) groups is 1. The molecule has 0 N–H and O–H groups in total. The molecule has 1 saturated carbocycles. The summed E-state index contributed by atoms with van der Waals surface area (Å²) < 4.78 is 10.9. The van der Waals surface area contributed by atoms with Gasteiger partial charge in [0, 0.05) is 0 Å². The summed E-state index contributed by atoms with van der Waals surface area (Å²) in [6.07, 6.45) is 6.46. The summed E-state index contributed by atoms with van der Waals surface area (Å²) in [6, 6.07) is 0. The summed E-state index contributed by atoms with van der Waals surface area (Å²) in [6.45, 7) is 2.55. The molecule has 3 heteroatoms. The van der Waals surface area contributed by atoms with Crippen LogP contribution in [0.2, 0.25) is 0 Å². The summed E-state index contributed by atoms with van der Waals surface area (Å²) in [7, 11) is 0. The SMILES string of the molecule is C[C@@H]1O[C@@H]2CCCC[C@H]2C[C@H]1OC=O. The van der Waals surface area contributed by atoms with Gasteiger partial charge in [0.05, 0.1) is 12.2 Å². The van der Waals surface area contributed by atoms with Gasteiger partial charge in [-0.15, -0.1) is 0 Å². The van der Waals surface area contributed by atoms with Crippen molar-refractivity contribution in [3.8, 4) is 0 Å². The zero-order chi connectivity index (χ0) is 9.97. The third kappa shape index (κ3) is 1.92. The van der Waals surface area contributed by atoms with Crippen LogP contribution in [-0.2, 0) is 14.3 Å². The van der Waals surface area contributed by atoms with Crippen LogP contribution in [0.4, 0.5) is 0 Å². The number of carbonyl (C=O) groups excluding carboxylic acids is 1. The maximum Gasteiger partial charge on any atom is 0.293 e. The minimum Gasteiger partial charge on any atom is -0.462 e. The van der Waals surface area contributed by atoms with Crippen LogP contribution in [0.25, 0.3) is 0 Å². The fourth-order valence-electron chi connectivity index (χ4n) is 2.71. The quantitative estimate of drug-likeness (QED) is 0.636. The molecule has 80 valence electrons. The molecule has 2 aliphatic rings. The summed E-state index contributed by atoms with van der Waals surface area (Å²) >= 11 is 0. The van der Waals surface area contributed by atoms with Crippen LogP contribution in [0, 0.1) is 5.92 Å². The minimum atomic E-state index is -0.0214. The van der Waals surface area contributed by atoms with E-state index < -0.39 is 0 Å². The van der Waals surface area contributed by atoms with E-state index in [1.807, 2.05) is 6.92 Å². The molecule has 1 aliphatic carbocycles. The molecule has 0 bridgehead atoms. The number of ether oxygens (including phenoxy) is 2. The van der Waals surface area contributed by atoms with Gasteiger partial charge in [0.25, 0.3) is 6.47 Å². The fourth-order valence-corrected chi connectivity index (χ4v) is 2.71. The topological polar surface area (TPSA) is 35.5 Å². The second kappa shape index (κ2) is 4.30. The maximum absolute atomic E-state index is 10.3. The van der Waals surface area contributed by atoms with Gasteiger partial charge in [-0.1, -0.05) is 12.8 Å². The van der Waals surface area contributed by atoms with Crippen molar-refractivity contribution < 1.29 is 14.3 Å². The Labute approximate surface area is 84.8 Å². The Morgan fingerprint density at radius 2 is 2.14 bits per heavy atom. The first-order valence-corrected chi connectivity index (χ1v) is 5.56. The Balaban J connectivity index is 1.95. The van der Waals surface area contributed by atoms with Gasteiger partial charge >= 0.3 is 0 Å². The smallest absolute Gasteiger partial charge is 0.293 e. The molecule has 14 heavy (non-hydrogen) atoms. The Kier molecular flexibility index (Phi) is 3.06. The fraction of sp³-hybridized carbons (Fsp3) is 0.909. The van der Waals surface area contributed by atoms with E-state index in [2.05, 4.69) is 0 Å². The highest BCUT2D eigenvalue weighted by Gasteiger charge is 2.37. The molecule has 2 fully saturated rings. The molecule has 0 aromatic carbocycles. The normalized spacial score (nSPS) is 42.6. The van der Waals surface area contributed by atoms with Crippen LogP contribution in [-0.4, -0.2) is 24.8 Å². The molecule has 4 atom stereocenters. The zero-order valence-electron chi connectivity index (χ0n) is 8.65. The number of rotatable bonds is 2. The highest BCUT2D eigenvalue weighted by Crippen LogP contribution is 2.36. The van der Waals surface area contributed by atoms with E-state index >= 15 is 0 Å². The lowest BCUT2D eigenvalue weighted by Crippen LogP contribution is -2.45. The number of hydrogen-bond acceptors (Lipinski definition) is 3. The van der Waals surface area contributed by atoms with E-state index in [0.717, 1.165) is 6.42 Å². The van der Waals surface area contributed by atoms with Gasteiger partial charge in [0.2, 0.25) is 0 Å². The first-order valence-electron chi connectivity index (χ1n) is 5.56. The predicted molar refractivity (Wildman–Crippen MR) is 51.8 cm³/mol. The second-order valence-corrected chi connectivity index (χ2v) is 4.43. The van der Waals surface area contributed by atoms with Crippen LogP contribution in [0.1, 0.15) is 39.0 Å². The summed E-state index contributed by atoms with van der Waals surface area (Å²) in [4.78, 5) is 10.3. The van der Waals surface area contributed by atoms with E-state index in [1.54, 1.807) is 0 Å². The van der Waals surface area contributed by atoms with Gasteiger partial charge < -0.3 is 9.47 Å². The molecular weight excluding hydrogens is 180 g/mol. The zero-order valence-corrected chi connectivity index (χ0v) is 8.65. The minimum absolute atomic E-state index is 0.0214.